The Labute approximate surface area is 107 Å². The van der Waals surface area contributed by atoms with Gasteiger partial charge in [0.2, 0.25) is 5.91 Å². The third-order valence-electron chi connectivity index (χ3n) is 3.53. The molecule has 0 unspecified atom stereocenters. The Balaban J connectivity index is 1.91. The summed E-state index contributed by atoms with van der Waals surface area (Å²) in [6, 6.07) is 7.38. The third kappa shape index (κ3) is 3.23. The minimum absolute atomic E-state index is 0.121. The third-order valence-corrected chi connectivity index (χ3v) is 3.53. The van der Waals surface area contributed by atoms with E-state index in [-0.39, 0.29) is 5.91 Å². The van der Waals surface area contributed by atoms with Gasteiger partial charge in [-0.15, -0.1) is 0 Å². The molecule has 1 aromatic carbocycles. The first-order valence-corrected chi connectivity index (χ1v) is 6.31. The SMILES string of the molecule is CC1(O)CCN(C(=O)Cc2ccc(N)cc2)CC1. The molecule has 0 atom stereocenters. The quantitative estimate of drug-likeness (QED) is 0.772. The molecular weight excluding hydrogens is 228 g/mol. The van der Waals surface area contributed by atoms with E-state index in [0.717, 1.165) is 5.56 Å². The number of carbonyl (C=O) groups excluding carboxylic acids is 1. The molecule has 1 saturated heterocycles. The van der Waals surface area contributed by atoms with E-state index in [0.29, 0.717) is 38.0 Å². The van der Waals surface area contributed by atoms with Crippen LogP contribution in [0.1, 0.15) is 25.3 Å². The number of piperidine rings is 1. The zero-order valence-electron chi connectivity index (χ0n) is 10.7. The van der Waals surface area contributed by atoms with Crippen molar-refractivity contribution in [1.29, 1.82) is 0 Å². The van der Waals surface area contributed by atoms with Gasteiger partial charge in [0, 0.05) is 18.8 Å². The molecule has 1 aromatic rings. The molecule has 1 heterocycles. The topological polar surface area (TPSA) is 66.6 Å². The molecule has 1 aliphatic rings. The summed E-state index contributed by atoms with van der Waals surface area (Å²) >= 11 is 0. The highest BCUT2D eigenvalue weighted by atomic mass is 16.3. The number of carbonyl (C=O) groups is 1. The Kier molecular flexibility index (Phi) is 3.57. The Morgan fingerprint density at radius 1 is 1.33 bits per heavy atom. The molecule has 3 N–H and O–H groups in total. The summed E-state index contributed by atoms with van der Waals surface area (Å²) < 4.78 is 0. The second-order valence-corrected chi connectivity index (χ2v) is 5.30. The molecule has 0 saturated carbocycles. The van der Waals surface area contributed by atoms with E-state index in [1.54, 1.807) is 0 Å². The van der Waals surface area contributed by atoms with Gasteiger partial charge in [-0.3, -0.25) is 4.79 Å². The minimum atomic E-state index is -0.613. The van der Waals surface area contributed by atoms with Crippen LogP contribution in [0.5, 0.6) is 0 Å². The lowest BCUT2D eigenvalue weighted by molar-refractivity contribution is -0.134. The van der Waals surface area contributed by atoms with Crippen LogP contribution in [-0.4, -0.2) is 34.6 Å². The summed E-state index contributed by atoms with van der Waals surface area (Å²) in [5, 5.41) is 9.84. The number of nitrogens with zero attached hydrogens (tertiary/aromatic N) is 1. The molecule has 1 amide bonds. The van der Waals surface area contributed by atoms with E-state index < -0.39 is 5.60 Å². The van der Waals surface area contributed by atoms with Crippen LogP contribution in [0.15, 0.2) is 24.3 Å². The smallest absolute Gasteiger partial charge is 0.226 e. The highest BCUT2D eigenvalue weighted by molar-refractivity contribution is 5.79. The fraction of sp³-hybridized carbons (Fsp3) is 0.500. The zero-order valence-corrected chi connectivity index (χ0v) is 10.7. The van der Waals surface area contributed by atoms with Crippen LogP contribution in [0.2, 0.25) is 0 Å². The molecule has 98 valence electrons. The Hall–Kier alpha value is -1.55. The van der Waals surface area contributed by atoms with Crippen LogP contribution in [0.25, 0.3) is 0 Å². The van der Waals surface area contributed by atoms with Crippen molar-refractivity contribution in [2.24, 2.45) is 0 Å². The summed E-state index contributed by atoms with van der Waals surface area (Å²) in [4.78, 5) is 13.9. The van der Waals surface area contributed by atoms with Gasteiger partial charge >= 0.3 is 0 Å². The Morgan fingerprint density at radius 3 is 2.44 bits per heavy atom. The first-order valence-electron chi connectivity index (χ1n) is 6.31. The van der Waals surface area contributed by atoms with Crippen molar-refractivity contribution in [3.63, 3.8) is 0 Å². The standard InChI is InChI=1S/C14H20N2O2/c1-14(18)6-8-16(9-7-14)13(17)10-11-2-4-12(15)5-3-11/h2-5,18H,6-10,15H2,1H3. The van der Waals surface area contributed by atoms with Crippen molar-refractivity contribution in [2.75, 3.05) is 18.8 Å². The van der Waals surface area contributed by atoms with E-state index in [2.05, 4.69) is 0 Å². The predicted molar refractivity (Wildman–Crippen MR) is 71.0 cm³/mol. The number of nitrogens with two attached hydrogens (primary N) is 1. The Bertz CT molecular complexity index is 416. The van der Waals surface area contributed by atoms with Gasteiger partial charge in [-0.2, -0.15) is 0 Å². The lowest BCUT2D eigenvalue weighted by atomic mass is 9.93. The molecule has 1 aliphatic heterocycles. The van der Waals surface area contributed by atoms with Crippen LogP contribution in [0, 0.1) is 0 Å². The monoisotopic (exact) mass is 248 g/mol. The maximum Gasteiger partial charge on any atom is 0.226 e. The molecule has 0 aromatic heterocycles. The van der Waals surface area contributed by atoms with Crippen molar-refractivity contribution >= 4 is 11.6 Å². The number of nitrogen functional groups attached to an aromatic ring is 1. The van der Waals surface area contributed by atoms with Gasteiger partial charge in [-0.05, 0) is 37.5 Å². The summed E-state index contributed by atoms with van der Waals surface area (Å²) in [5.41, 5.74) is 6.68. The molecule has 4 nitrogen and oxygen atoms in total. The number of benzene rings is 1. The fourth-order valence-electron chi connectivity index (χ4n) is 2.16. The summed E-state index contributed by atoms with van der Waals surface area (Å²) in [6.07, 6.45) is 1.71. The lowest BCUT2D eigenvalue weighted by Gasteiger charge is -2.35. The largest absolute Gasteiger partial charge is 0.399 e. The highest BCUT2D eigenvalue weighted by Crippen LogP contribution is 2.21. The van der Waals surface area contributed by atoms with Crippen molar-refractivity contribution in [3.8, 4) is 0 Å². The van der Waals surface area contributed by atoms with E-state index in [1.807, 2.05) is 36.1 Å². The van der Waals surface area contributed by atoms with E-state index in [1.165, 1.54) is 0 Å². The summed E-state index contributed by atoms with van der Waals surface area (Å²) in [5.74, 6) is 0.121. The molecule has 0 radical (unpaired) electrons. The molecule has 4 heteroatoms. The fourth-order valence-corrected chi connectivity index (χ4v) is 2.16. The first kappa shape index (κ1) is 12.9. The normalized spacial score (nSPS) is 18.7. The van der Waals surface area contributed by atoms with Crippen molar-refractivity contribution < 1.29 is 9.90 Å². The molecule has 0 spiro atoms. The average Bonchev–Trinajstić information content (AvgIpc) is 2.32. The lowest BCUT2D eigenvalue weighted by Crippen LogP contribution is -2.45. The van der Waals surface area contributed by atoms with Crippen molar-refractivity contribution in [2.45, 2.75) is 31.8 Å². The van der Waals surface area contributed by atoms with E-state index >= 15 is 0 Å². The van der Waals surface area contributed by atoms with Crippen LogP contribution >= 0.6 is 0 Å². The predicted octanol–water partition coefficient (Wildman–Crippen LogP) is 1.18. The van der Waals surface area contributed by atoms with Gasteiger partial charge in [-0.25, -0.2) is 0 Å². The molecule has 18 heavy (non-hydrogen) atoms. The number of likely N-dealkylation sites (tertiary alicyclic amines) is 1. The van der Waals surface area contributed by atoms with E-state index in [4.69, 9.17) is 5.73 Å². The second-order valence-electron chi connectivity index (χ2n) is 5.30. The number of anilines is 1. The van der Waals surface area contributed by atoms with Gasteiger partial charge < -0.3 is 15.7 Å². The zero-order chi connectivity index (χ0) is 13.2. The number of hydrogen-bond donors (Lipinski definition) is 2. The maximum atomic E-state index is 12.1. The molecular formula is C14H20N2O2. The van der Waals surface area contributed by atoms with E-state index in [9.17, 15) is 9.90 Å². The number of amides is 1. The number of aliphatic hydroxyl groups is 1. The van der Waals surface area contributed by atoms with Crippen molar-refractivity contribution in [3.05, 3.63) is 29.8 Å². The number of rotatable bonds is 2. The van der Waals surface area contributed by atoms with Crippen LogP contribution in [0.3, 0.4) is 0 Å². The van der Waals surface area contributed by atoms with Crippen molar-refractivity contribution in [1.82, 2.24) is 4.90 Å². The number of hydrogen-bond acceptors (Lipinski definition) is 3. The molecule has 1 fully saturated rings. The first-order chi connectivity index (χ1) is 8.46. The van der Waals surface area contributed by atoms with Gasteiger partial charge in [0.25, 0.3) is 0 Å². The van der Waals surface area contributed by atoms with Crippen LogP contribution in [-0.2, 0) is 11.2 Å². The summed E-state index contributed by atoms with van der Waals surface area (Å²) in [7, 11) is 0. The van der Waals surface area contributed by atoms with Gasteiger partial charge in [0.05, 0.1) is 12.0 Å². The molecule has 2 rings (SSSR count). The van der Waals surface area contributed by atoms with Crippen LogP contribution < -0.4 is 5.73 Å². The Morgan fingerprint density at radius 2 is 1.89 bits per heavy atom. The maximum absolute atomic E-state index is 12.1. The van der Waals surface area contributed by atoms with Gasteiger partial charge in [0.1, 0.15) is 0 Å². The molecule has 0 bridgehead atoms. The minimum Gasteiger partial charge on any atom is -0.399 e. The van der Waals surface area contributed by atoms with Crippen LogP contribution in [0.4, 0.5) is 5.69 Å². The van der Waals surface area contributed by atoms with Gasteiger partial charge in [-0.1, -0.05) is 12.1 Å². The second kappa shape index (κ2) is 4.98. The summed E-state index contributed by atoms with van der Waals surface area (Å²) in [6.45, 7) is 3.11. The average molecular weight is 248 g/mol. The molecule has 0 aliphatic carbocycles. The highest BCUT2D eigenvalue weighted by Gasteiger charge is 2.29. The van der Waals surface area contributed by atoms with Gasteiger partial charge in [0.15, 0.2) is 0 Å².